The third-order valence-corrected chi connectivity index (χ3v) is 3.04. The molecule has 18 heavy (non-hydrogen) atoms. The Hall–Kier alpha value is -1.42. The first-order valence-corrected chi connectivity index (χ1v) is 5.89. The Bertz CT molecular complexity index is 530. The molecule has 1 aromatic heterocycles. The van der Waals surface area contributed by atoms with Crippen LogP contribution < -0.4 is 5.32 Å². The van der Waals surface area contributed by atoms with Crippen LogP contribution in [-0.2, 0) is 0 Å². The lowest BCUT2D eigenvalue weighted by atomic mass is 9.85. The fourth-order valence-corrected chi connectivity index (χ4v) is 2.22. The minimum absolute atomic E-state index is 0.0190. The van der Waals surface area contributed by atoms with Gasteiger partial charge in [0.2, 0.25) is 0 Å². The molecule has 0 aliphatic carbocycles. The molecule has 0 aliphatic heterocycles. The van der Waals surface area contributed by atoms with Gasteiger partial charge in [0, 0.05) is 0 Å². The summed E-state index contributed by atoms with van der Waals surface area (Å²) in [5.41, 5.74) is -0.134. The third kappa shape index (κ3) is 2.12. The Morgan fingerprint density at radius 2 is 1.78 bits per heavy atom. The second-order valence-corrected chi connectivity index (χ2v) is 5.51. The Kier molecular flexibility index (Phi) is 3.15. The molecule has 2 nitrogen and oxygen atoms in total. The van der Waals surface area contributed by atoms with E-state index in [0.717, 1.165) is 12.1 Å². The molecule has 0 saturated carbocycles. The van der Waals surface area contributed by atoms with Crippen molar-refractivity contribution in [1.29, 1.82) is 0 Å². The predicted octanol–water partition coefficient (Wildman–Crippen LogP) is 4.02. The monoisotopic (exact) mass is 253 g/mol. The summed E-state index contributed by atoms with van der Waals surface area (Å²) in [5.74, 6) is -0.462. The van der Waals surface area contributed by atoms with Gasteiger partial charge in [-0.05, 0) is 30.7 Å². The van der Waals surface area contributed by atoms with Crippen LogP contribution >= 0.6 is 0 Å². The Labute approximate surface area is 105 Å². The molecule has 2 rings (SSSR count). The molecule has 0 bridgehead atoms. The number of fused-ring (bicyclic) bond motifs is 1. The molecule has 0 radical (unpaired) electrons. The maximum Gasteiger partial charge on any atom is 0.172 e. The number of rotatable bonds is 2. The Morgan fingerprint density at radius 3 is 2.28 bits per heavy atom. The minimum Gasteiger partial charge on any atom is -0.456 e. The van der Waals surface area contributed by atoms with Crippen molar-refractivity contribution in [1.82, 2.24) is 5.32 Å². The van der Waals surface area contributed by atoms with E-state index in [2.05, 4.69) is 5.32 Å². The van der Waals surface area contributed by atoms with Gasteiger partial charge in [0.05, 0.1) is 11.4 Å². The lowest BCUT2D eigenvalue weighted by molar-refractivity contribution is 0.253. The zero-order valence-electron chi connectivity index (χ0n) is 11.0. The first-order chi connectivity index (χ1) is 8.34. The maximum atomic E-state index is 13.6. The summed E-state index contributed by atoms with van der Waals surface area (Å²) in [6, 6.07) is 3.66. The summed E-state index contributed by atoms with van der Waals surface area (Å²) in [6.45, 7) is 6.11. The van der Waals surface area contributed by atoms with Crippen molar-refractivity contribution in [3.8, 4) is 0 Å². The second kappa shape index (κ2) is 4.35. The fraction of sp³-hybridized carbons (Fsp3) is 0.429. The van der Waals surface area contributed by atoms with Gasteiger partial charge in [0.1, 0.15) is 11.6 Å². The van der Waals surface area contributed by atoms with Crippen LogP contribution in [0.4, 0.5) is 8.78 Å². The highest BCUT2D eigenvalue weighted by molar-refractivity contribution is 5.79. The van der Waals surface area contributed by atoms with Gasteiger partial charge in [-0.1, -0.05) is 20.8 Å². The van der Waals surface area contributed by atoms with Crippen molar-refractivity contribution in [2.45, 2.75) is 26.8 Å². The van der Waals surface area contributed by atoms with Crippen molar-refractivity contribution >= 4 is 11.0 Å². The number of hydrogen-bond donors (Lipinski definition) is 1. The van der Waals surface area contributed by atoms with E-state index in [4.69, 9.17) is 4.42 Å². The standard InChI is InChI=1S/C14H17F2NO/c1-14(2,3)13(17-4)11-7-8-9(15)5-6-10(16)12(8)18-11/h5-7,13,17H,1-4H3. The smallest absolute Gasteiger partial charge is 0.172 e. The molecular formula is C14H17F2NO. The van der Waals surface area contributed by atoms with Gasteiger partial charge in [-0.25, -0.2) is 8.78 Å². The first kappa shape index (κ1) is 13.0. The highest BCUT2D eigenvalue weighted by atomic mass is 19.1. The molecule has 4 heteroatoms. The van der Waals surface area contributed by atoms with Gasteiger partial charge in [0.25, 0.3) is 0 Å². The number of halogens is 2. The van der Waals surface area contributed by atoms with Gasteiger partial charge >= 0.3 is 0 Å². The number of nitrogens with one attached hydrogen (secondary N) is 1. The summed E-state index contributed by atoms with van der Waals surface area (Å²) >= 11 is 0. The van der Waals surface area contributed by atoms with Crippen LogP contribution in [0.25, 0.3) is 11.0 Å². The third-order valence-electron chi connectivity index (χ3n) is 3.04. The molecule has 1 atom stereocenters. The summed E-state index contributed by atoms with van der Waals surface area (Å²) in [5, 5.41) is 3.31. The van der Waals surface area contributed by atoms with E-state index in [9.17, 15) is 8.78 Å². The average molecular weight is 253 g/mol. The number of hydrogen-bond acceptors (Lipinski definition) is 2. The fourth-order valence-electron chi connectivity index (χ4n) is 2.22. The topological polar surface area (TPSA) is 25.2 Å². The van der Waals surface area contributed by atoms with E-state index < -0.39 is 11.6 Å². The zero-order valence-corrected chi connectivity index (χ0v) is 11.0. The first-order valence-electron chi connectivity index (χ1n) is 5.89. The van der Waals surface area contributed by atoms with Crippen molar-refractivity contribution in [2.75, 3.05) is 7.05 Å². The van der Waals surface area contributed by atoms with Gasteiger partial charge in [-0.2, -0.15) is 0 Å². The van der Waals surface area contributed by atoms with Crippen molar-refractivity contribution < 1.29 is 13.2 Å². The number of furan rings is 1. The Balaban J connectivity index is 2.60. The largest absolute Gasteiger partial charge is 0.456 e. The molecular weight excluding hydrogens is 236 g/mol. The van der Waals surface area contributed by atoms with Gasteiger partial charge < -0.3 is 9.73 Å². The van der Waals surface area contributed by atoms with Crippen LogP contribution in [0.1, 0.15) is 32.6 Å². The summed E-state index contributed by atoms with van der Waals surface area (Å²) in [7, 11) is 1.80. The van der Waals surface area contributed by atoms with Crippen LogP contribution in [0.3, 0.4) is 0 Å². The van der Waals surface area contributed by atoms with Crippen LogP contribution in [0, 0.1) is 17.0 Å². The van der Waals surface area contributed by atoms with Crippen molar-refractivity contribution in [3.05, 3.63) is 35.6 Å². The SMILES string of the molecule is CNC(c1cc2c(F)ccc(F)c2o1)C(C)(C)C. The molecule has 1 N–H and O–H groups in total. The highest BCUT2D eigenvalue weighted by Crippen LogP contribution is 2.36. The normalized spacial score (nSPS) is 14.1. The lowest BCUT2D eigenvalue weighted by Crippen LogP contribution is -2.29. The van der Waals surface area contributed by atoms with E-state index >= 15 is 0 Å². The molecule has 0 spiro atoms. The second-order valence-electron chi connectivity index (χ2n) is 5.51. The molecule has 0 aliphatic rings. The van der Waals surface area contributed by atoms with Gasteiger partial charge in [0.15, 0.2) is 11.4 Å². The average Bonchev–Trinajstić information content (AvgIpc) is 2.68. The van der Waals surface area contributed by atoms with Crippen LogP contribution in [-0.4, -0.2) is 7.05 Å². The van der Waals surface area contributed by atoms with Gasteiger partial charge in [-0.15, -0.1) is 0 Å². The predicted molar refractivity (Wildman–Crippen MR) is 67.4 cm³/mol. The summed E-state index contributed by atoms with van der Waals surface area (Å²) in [6.07, 6.45) is 0. The van der Waals surface area contributed by atoms with E-state index in [1.807, 2.05) is 20.8 Å². The van der Waals surface area contributed by atoms with Crippen molar-refractivity contribution in [3.63, 3.8) is 0 Å². The molecule has 0 fully saturated rings. The molecule has 0 saturated heterocycles. The minimum atomic E-state index is -0.540. The summed E-state index contributed by atoms with van der Waals surface area (Å²) < 4.78 is 32.6. The molecule has 2 aromatic rings. The quantitative estimate of drug-likeness (QED) is 0.874. The van der Waals surface area contributed by atoms with Crippen LogP contribution in [0.5, 0.6) is 0 Å². The number of benzene rings is 1. The van der Waals surface area contributed by atoms with Crippen LogP contribution in [0.15, 0.2) is 22.6 Å². The highest BCUT2D eigenvalue weighted by Gasteiger charge is 2.28. The van der Waals surface area contributed by atoms with Crippen LogP contribution in [0.2, 0.25) is 0 Å². The molecule has 1 heterocycles. The van der Waals surface area contributed by atoms with E-state index in [-0.39, 0.29) is 22.4 Å². The molecule has 98 valence electrons. The lowest BCUT2D eigenvalue weighted by Gasteiger charge is -2.28. The van der Waals surface area contributed by atoms with E-state index in [0.29, 0.717) is 5.76 Å². The molecule has 0 amide bonds. The maximum absolute atomic E-state index is 13.6. The Morgan fingerprint density at radius 1 is 1.17 bits per heavy atom. The molecule has 1 unspecified atom stereocenters. The summed E-state index contributed by atoms with van der Waals surface area (Å²) in [4.78, 5) is 0. The van der Waals surface area contributed by atoms with E-state index in [1.54, 1.807) is 13.1 Å². The van der Waals surface area contributed by atoms with Crippen molar-refractivity contribution in [2.24, 2.45) is 5.41 Å². The zero-order chi connectivity index (χ0) is 13.5. The molecule has 1 aromatic carbocycles. The van der Waals surface area contributed by atoms with Gasteiger partial charge in [-0.3, -0.25) is 0 Å². The van der Waals surface area contributed by atoms with E-state index in [1.165, 1.54) is 0 Å².